The molecule has 1 N–H and O–H groups in total. The molecule has 80 valence electrons. The third-order valence-electron chi connectivity index (χ3n) is 2.78. The van der Waals surface area contributed by atoms with Gasteiger partial charge in [-0.25, -0.2) is 0 Å². The lowest BCUT2D eigenvalue weighted by Crippen LogP contribution is -2.17. The molecule has 1 aromatic heterocycles. The van der Waals surface area contributed by atoms with Gasteiger partial charge in [0.05, 0.1) is 6.04 Å². The van der Waals surface area contributed by atoms with Crippen molar-refractivity contribution in [2.45, 2.75) is 26.8 Å². The summed E-state index contributed by atoms with van der Waals surface area (Å²) in [6.45, 7) is 7.31. The molecule has 0 saturated carbocycles. The Morgan fingerprint density at radius 3 is 2.73 bits per heavy atom. The minimum Gasteiger partial charge on any atom is -0.459 e. The van der Waals surface area contributed by atoms with Gasteiger partial charge in [0.15, 0.2) is 0 Å². The monoisotopic (exact) mass is 203 g/mol. The van der Waals surface area contributed by atoms with Gasteiger partial charge in [0, 0.05) is 5.39 Å². The standard InChI is InChI=1S/C13H17NO/c1-4-14-10(3)13-9(2)11-7-5-6-8-12(11)15-13/h5-8,10,14H,4H2,1-3H3. The lowest BCUT2D eigenvalue weighted by atomic mass is 10.1. The van der Waals surface area contributed by atoms with Crippen LogP contribution in [0.3, 0.4) is 0 Å². The topological polar surface area (TPSA) is 25.2 Å². The Kier molecular flexibility index (Phi) is 2.78. The van der Waals surface area contributed by atoms with Crippen LogP contribution in [0.25, 0.3) is 11.0 Å². The molecule has 0 fully saturated rings. The number of hydrogen-bond acceptors (Lipinski definition) is 2. The van der Waals surface area contributed by atoms with E-state index in [0.717, 1.165) is 17.9 Å². The van der Waals surface area contributed by atoms with Crippen LogP contribution < -0.4 is 5.32 Å². The number of benzene rings is 1. The van der Waals surface area contributed by atoms with E-state index < -0.39 is 0 Å². The summed E-state index contributed by atoms with van der Waals surface area (Å²) < 4.78 is 5.85. The largest absolute Gasteiger partial charge is 0.459 e. The number of fused-ring (bicyclic) bond motifs is 1. The molecule has 1 aromatic carbocycles. The van der Waals surface area contributed by atoms with E-state index in [0.29, 0.717) is 0 Å². The predicted octanol–water partition coefficient (Wildman–Crippen LogP) is 3.41. The first-order valence-corrected chi connectivity index (χ1v) is 5.45. The summed E-state index contributed by atoms with van der Waals surface area (Å²) >= 11 is 0. The molecule has 0 saturated heterocycles. The molecule has 1 heterocycles. The Hall–Kier alpha value is -1.28. The lowest BCUT2D eigenvalue weighted by molar-refractivity contribution is 0.456. The molecule has 0 radical (unpaired) electrons. The molecule has 2 aromatic rings. The summed E-state index contributed by atoms with van der Waals surface area (Å²) in [6.07, 6.45) is 0. The fraction of sp³-hybridized carbons (Fsp3) is 0.385. The summed E-state index contributed by atoms with van der Waals surface area (Å²) in [5.74, 6) is 1.05. The molecular weight excluding hydrogens is 186 g/mol. The van der Waals surface area contributed by atoms with Crippen LogP contribution in [0.1, 0.15) is 31.2 Å². The second-order valence-electron chi connectivity index (χ2n) is 3.87. The molecule has 0 amide bonds. The maximum Gasteiger partial charge on any atom is 0.134 e. The van der Waals surface area contributed by atoms with Gasteiger partial charge in [0.25, 0.3) is 0 Å². The number of nitrogens with one attached hydrogen (secondary N) is 1. The highest BCUT2D eigenvalue weighted by Crippen LogP contribution is 2.28. The number of para-hydroxylation sites is 1. The first-order chi connectivity index (χ1) is 7.24. The third-order valence-corrected chi connectivity index (χ3v) is 2.78. The Morgan fingerprint density at radius 2 is 2.07 bits per heavy atom. The van der Waals surface area contributed by atoms with Gasteiger partial charge in [-0.05, 0) is 32.0 Å². The zero-order chi connectivity index (χ0) is 10.8. The molecule has 0 aliphatic carbocycles. The molecule has 1 unspecified atom stereocenters. The maximum absolute atomic E-state index is 5.85. The van der Waals surface area contributed by atoms with Gasteiger partial charge in [-0.1, -0.05) is 25.1 Å². The molecular formula is C13H17NO. The van der Waals surface area contributed by atoms with Crippen molar-refractivity contribution in [2.75, 3.05) is 6.54 Å². The molecule has 15 heavy (non-hydrogen) atoms. The lowest BCUT2D eigenvalue weighted by Gasteiger charge is -2.09. The SMILES string of the molecule is CCNC(C)c1oc2ccccc2c1C. The van der Waals surface area contributed by atoms with E-state index in [4.69, 9.17) is 4.42 Å². The van der Waals surface area contributed by atoms with Crippen molar-refractivity contribution >= 4 is 11.0 Å². The van der Waals surface area contributed by atoms with Gasteiger partial charge >= 0.3 is 0 Å². The summed E-state index contributed by atoms with van der Waals surface area (Å²) in [5, 5.41) is 4.59. The fourth-order valence-corrected chi connectivity index (χ4v) is 2.01. The van der Waals surface area contributed by atoms with Crippen LogP contribution >= 0.6 is 0 Å². The van der Waals surface area contributed by atoms with Gasteiger partial charge in [-0.15, -0.1) is 0 Å². The first-order valence-electron chi connectivity index (χ1n) is 5.45. The minimum absolute atomic E-state index is 0.280. The number of aryl methyl sites for hydroxylation is 1. The summed E-state index contributed by atoms with van der Waals surface area (Å²) in [5.41, 5.74) is 2.23. The average molecular weight is 203 g/mol. The van der Waals surface area contributed by atoms with Crippen molar-refractivity contribution in [3.8, 4) is 0 Å². The molecule has 0 aliphatic heterocycles. The number of rotatable bonds is 3. The molecule has 1 atom stereocenters. The molecule has 0 bridgehead atoms. The van der Waals surface area contributed by atoms with Crippen molar-refractivity contribution in [3.63, 3.8) is 0 Å². The zero-order valence-electron chi connectivity index (χ0n) is 9.50. The van der Waals surface area contributed by atoms with E-state index in [1.54, 1.807) is 0 Å². The predicted molar refractivity (Wildman–Crippen MR) is 63.0 cm³/mol. The summed E-state index contributed by atoms with van der Waals surface area (Å²) in [4.78, 5) is 0. The Morgan fingerprint density at radius 1 is 1.33 bits per heavy atom. The van der Waals surface area contributed by atoms with Crippen LogP contribution in [0.5, 0.6) is 0 Å². The van der Waals surface area contributed by atoms with Gasteiger partial charge < -0.3 is 9.73 Å². The van der Waals surface area contributed by atoms with Crippen LogP contribution in [-0.2, 0) is 0 Å². The highest BCUT2D eigenvalue weighted by atomic mass is 16.3. The van der Waals surface area contributed by atoms with Crippen molar-refractivity contribution in [3.05, 3.63) is 35.6 Å². The van der Waals surface area contributed by atoms with Crippen LogP contribution in [-0.4, -0.2) is 6.54 Å². The summed E-state index contributed by atoms with van der Waals surface area (Å²) in [6, 6.07) is 8.46. The van der Waals surface area contributed by atoms with E-state index in [1.807, 2.05) is 18.2 Å². The minimum atomic E-state index is 0.280. The van der Waals surface area contributed by atoms with Gasteiger partial charge in [0.2, 0.25) is 0 Å². The van der Waals surface area contributed by atoms with E-state index in [1.165, 1.54) is 10.9 Å². The van der Waals surface area contributed by atoms with Crippen LogP contribution in [0.2, 0.25) is 0 Å². The Labute approximate surface area is 90.3 Å². The van der Waals surface area contributed by atoms with E-state index in [9.17, 15) is 0 Å². The quantitative estimate of drug-likeness (QED) is 0.827. The highest BCUT2D eigenvalue weighted by Gasteiger charge is 2.14. The van der Waals surface area contributed by atoms with Crippen molar-refractivity contribution in [1.29, 1.82) is 0 Å². The molecule has 0 aliphatic rings. The Bertz CT molecular complexity index is 459. The fourth-order valence-electron chi connectivity index (χ4n) is 2.01. The normalized spacial score (nSPS) is 13.3. The smallest absolute Gasteiger partial charge is 0.134 e. The highest BCUT2D eigenvalue weighted by molar-refractivity contribution is 5.82. The maximum atomic E-state index is 5.85. The summed E-state index contributed by atoms with van der Waals surface area (Å²) in [7, 11) is 0. The van der Waals surface area contributed by atoms with Crippen LogP contribution in [0.15, 0.2) is 28.7 Å². The molecule has 2 heteroatoms. The van der Waals surface area contributed by atoms with E-state index in [2.05, 4.69) is 32.2 Å². The Balaban J connectivity index is 2.48. The van der Waals surface area contributed by atoms with E-state index >= 15 is 0 Å². The number of furan rings is 1. The first kappa shape index (κ1) is 10.2. The van der Waals surface area contributed by atoms with Crippen molar-refractivity contribution in [2.24, 2.45) is 0 Å². The molecule has 2 rings (SSSR count). The van der Waals surface area contributed by atoms with Crippen LogP contribution in [0.4, 0.5) is 0 Å². The average Bonchev–Trinajstić information content (AvgIpc) is 2.57. The van der Waals surface area contributed by atoms with Gasteiger partial charge in [-0.3, -0.25) is 0 Å². The molecule has 0 spiro atoms. The third kappa shape index (κ3) is 1.77. The van der Waals surface area contributed by atoms with Gasteiger partial charge in [0.1, 0.15) is 11.3 Å². The van der Waals surface area contributed by atoms with Crippen molar-refractivity contribution < 1.29 is 4.42 Å². The van der Waals surface area contributed by atoms with Crippen molar-refractivity contribution in [1.82, 2.24) is 5.32 Å². The molecule has 2 nitrogen and oxygen atoms in total. The van der Waals surface area contributed by atoms with E-state index in [-0.39, 0.29) is 6.04 Å². The second-order valence-corrected chi connectivity index (χ2v) is 3.87. The van der Waals surface area contributed by atoms with Crippen LogP contribution in [0, 0.1) is 6.92 Å². The number of hydrogen-bond donors (Lipinski definition) is 1. The zero-order valence-corrected chi connectivity index (χ0v) is 9.50. The second kappa shape index (κ2) is 4.07. The van der Waals surface area contributed by atoms with Gasteiger partial charge in [-0.2, -0.15) is 0 Å².